The second-order valence-electron chi connectivity index (χ2n) is 6.72. The van der Waals surface area contributed by atoms with Crippen LogP contribution in [0.25, 0.3) is 10.4 Å². The van der Waals surface area contributed by atoms with E-state index in [0.717, 1.165) is 6.07 Å². The molecule has 0 bridgehead atoms. The first-order chi connectivity index (χ1) is 15.0. The van der Waals surface area contributed by atoms with Crippen LogP contribution in [0, 0.1) is 10.1 Å². The zero-order chi connectivity index (χ0) is 24.1. The number of nitrogens with one attached hydrogen (secondary N) is 1. The number of carboxylic acid groups (broad SMARTS) is 1. The van der Waals surface area contributed by atoms with Crippen LogP contribution in [0.15, 0.2) is 23.3 Å². The number of nitro groups is 1. The van der Waals surface area contributed by atoms with Crippen molar-refractivity contribution in [2.24, 2.45) is 5.11 Å². The predicted octanol–water partition coefficient (Wildman–Crippen LogP) is 1.94. The van der Waals surface area contributed by atoms with Gasteiger partial charge in [0, 0.05) is 36.1 Å². The van der Waals surface area contributed by atoms with Gasteiger partial charge in [0.25, 0.3) is 10.6 Å². The smallest absolute Gasteiger partial charge is 0.348 e. The molecule has 0 saturated carbocycles. The van der Waals surface area contributed by atoms with E-state index in [2.05, 4.69) is 15.3 Å². The van der Waals surface area contributed by atoms with E-state index in [1.807, 2.05) is 0 Å². The van der Waals surface area contributed by atoms with Gasteiger partial charge in [-0.25, -0.2) is 9.69 Å². The number of carbonyl (C=O) groups is 3. The number of nitrogens with zero attached hydrogens (tertiary/aromatic N) is 5. The summed E-state index contributed by atoms with van der Waals surface area (Å²) in [5.74, 6) is -4.12. The molecule has 1 heterocycles. The van der Waals surface area contributed by atoms with Crippen LogP contribution in [0.4, 0.5) is 17.1 Å². The minimum Gasteiger partial charge on any atom is -0.479 e. The summed E-state index contributed by atoms with van der Waals surface area (Å²) in [7, 11) is -5.41. The van der Waals surface area contributed by atoms with Gasteiger partial charge < -0.3 is 10.4 Å². The summed E-state index contributed by atoms with van der Waals surface area (Å²) < 4.78 is 33.5. The van der Waals surface area contributed by atoms with E-state index in [0.29, 0.717) is 0 Å². The number of imide groups is 1. The summed E-state index contributed by atoms with van der Waals surface area (Å²) in [4.78, 5) is 45.8. The van der Waals surface area contributed by atoms with E-state index in [-0.39, 0.29) is 54.2 Å². The van der Waals surface area contributed by atoms with E-state index >= 15 is 0 Å². The standard InChI is InChI=1S/C16H18N6O9S/c17-20-19-10-3-4-11(12(9-10)22(27)28)18-8-2-1-7-16(15(25)26,32(29,30)31)21-13(23)5-6-14(21)24/h3-4,9,18H,1-2,5-8H2,(H,25,26)(H,29,30,31). The van der Waals surface area contributed by atoms with Gasteiger partial charge in [-0.3, -0.25) is 24.3 Å². The molecule has 1 unspecified atom stereocenters. The van der Waals surface area contributed by atoms with Crippen LogP contribution in [0.3, 0.4) is 0 Å². The summed E-state index contributed by atoms with van der Waals surface area (Å²) in [6.45, 7) is 0.0186. The van der Waals surface area contributed by atoms with Crippen molar-refractivity contribution in [2.75, 3.05) is 11.9 Å². The van der Waals surface area contributed by atoms with Gasteiger partial charge in [0.05, 0.1) is 4.92 Å². The highest BCUT2D eigenvalue weighted by molar-refractivity contribution is 7.88. The first-order valence-corrected chi connectivity index (χ1v) is 10.5. The van der Waals surface area contributed by atoms with E-state index in [1.54, 1.807) is 0 Å². The van der Waals surface area contributed by atoms with E-state index in [1.165, 1.54) is 12.1 Å². The van der Waals surface area contributed by atoms with Gasteiger partial charge >= 0.3 is 16.1 Å². The number of carboxylic acids is 1. The Labute approximate surface area is 180 Å². The Morgan fingerprint density at radius 3 is 2.44 bits per heavy atom. The Hall–Kier alpha value is -3.75. The molecule has 1 aromatic rings. The molecule has 0 spiro atoms. The minimum atomic E-state index is -5.41. The fourth-order valence-corrected chi connectivity index (χ4v) is 4.35. The largest absolute Gasteiger partial charge is 0.479 e. The normalized spacial score (nSPS) is 15.7. The topological polar surface area (TPSA) is 233 Å². The second-order valence-corrected chi connectivity index (χ2v) is 8.34. The molecule has 1 atom stereocenters. The van der Waals surface area contributed by atoms with Crippen molar-refractivity contribution in [3.63, 3.8) is 0 Å². The SMILES string of the molecule is [N-]=[N+]=Nc1ccc(NCCCCC(C(=O)O)(N2C(=O)CCC2=O)S(=O)(=O)O)c([N+](=O)[O-])c1. The van der Waals surface area contributed by atoms with Crippen LogP contribution >= 0.6 is 0 Å². The van der Waals surface area contributed by atoms with Crippen molar-refractivity contribution >= 4 is 45.0 Å². The van der Waals surface area contributed by atoms with E-state index < -0.39 is 44.1 Å². The molecule has 1 fully saturated rings. The number of rotatable bonds is 11. The molecule has 1 aromatic carbocycles. The van der Waals surface area contributed by atoms with E-state index in [4.69, 9.17) is 5.53 Å². The molecule has 1 saturated heterocycles. The van der Waals surface area contributed by atoms with Crippen molar-refractivity contribution in [2.45, 2.75) is 37.0 Å². The van der Waals surface area contributed by atoms with Crippen LogP contribution in [-0.4, -0.2) is 57.1 Å². The summed E-state index contributed by atoms with van der Waals surface area (Å²) in [6, 6.07) is 3.66. The lowest BCUT2D eigenvalue weighted by Gasteiger charge is -2.33. The Kier molecular flexibility index (Phi) is 7.35. The molecule has 15 nitrogen and oxygen atoms in total. The fraction of sp³-hybridized carbons (Fsp3) is 0.438. The van der Waals surface area contributed by atoms with Crippen molar-refractivity contribution in [3.05, 3.63) is 38.8 Å². The summed E-state index contributed by atoms with van der Waals surface area (Å²) >= 11 is 0. The molecule has 2 amide bonds. The van der Waals surface area contributed by atoms with E-state index in [9.17, 15) is 42.6 Å². The lowest BCUT2D eigenvalue weighted by molar-refractivity contribution is -0.383. The number of likely N-dealkylation sites (tertiary alicyclic amines) is 1. The maximum absolute atomic E-state index is 12.0. The Morgan fingerprint density at radius 2 is 1.94 bits per heavy atom. The van der Waals surface area contributed by atoms with Gasteiger partial charge in [-0.15, -0.1) is 0 Å². The minimum absolute atomic E-state index is 0.0177. The van der Waals surface area contributed by atoms with Crippen LogP contribution in [0.1, 0.15) is 32.1 Å². The molecule has 1 aliphatic rings. The zero-order valence-electron chi connectivity index (χ0n) is 16.4. The van der Waals surface area contributed by atoms with Crippen LogP contribution in [0.2, 0.25) is 0 Å². The number of aliphatic carboxylic acids is 1. The van der Waals surface area contributed by atoms with Crippen LogP contribution in [0.5, 0.6) is 0 Å². The van der Waals surface area contributed by atoms with Gasteiger partial charge in [0.1, 0.15) is 5.69 Å². The van der Waals surface area contributed by atoms with Crippen molar-refractivity contribution < 1.29 is 37.4 Å². The molecule has 2 rings (SSSR count). The highest BCUT2D eigenvalue weighted by Crippen LogP contribution is 2.34. The number of unbranched alkanes of at least 4 members (excludes halogenated alkanes) is 1. The highest BCUT2D eigenvalue weighted by atomic mass is 32.2. The maximum atomic E-state index is 12.0. The molecule has 0 radical (unpaired) electrons. The van der Waals surface area contributed by atoms with Gasteiger partial charge in [0.15, 0.2) is 0 Å². The quantitative estimate of drug-likeness (QED) is 0.0621. The molecule has 0 aliphatic carbocycles. The number of amides is 2. The molecule has 16 heteroatoms. The molecular formula is C16H18N6O9S. The van der Waals surface area contributed by atoms with Crippen LogP contribution in [-0.2, 0) is 24.5 Å². The molecular weight excluding hydrogens is 452 g/mol. The number of carbonyl (C=O) groups excluding carboxylic acids is 2. The van der Waals surface area contributed by atoms with Crippen molar-refractivity contribution in [3.8, 4) is 0 Å². The average Bonchev–Trinajstić information content (AvgIpc) is 3.03. The first kappa shape index (κ1) is 24.5. The zero-order valence-corrected chi connectivity index (χ0v) is 17.2. The lowest BCUT2D eigenvalue weighted by atomic mass is 10.1. The summed E-state index contributed by atoms with van der Waals surface area (Å²) in [5.41, 5.74) is 8.11. The number of hydrogen-bond acceptors (Lipinski definition) is 9. The molecule has 32 heavy (non-hydrogen) atoms. The van der Waals surface area contributed by atoms with Gasteiger partial charge in [-0.2, -0.15) is 8.42 Å². The summed E-state index contributed by atoms with van der Waals surface area (Å²) in [6.07, 6.45) is -1.64. The third kappa shape index (κ3) is 4.77. The van der Waals surface area contributed by atoms with Gasteiger partial charge in [0.2, 0.25) is 11.8 Å². The number of anilines is 1. The second kappa shape index (κ2) is 9.59. The Morgan fingerprint density at radius 1 is 1.31 bits per heavy atom. The number of benzene rings is 1. The lowest BCUT2D eigenvalue weighted by Crippen LogP contribution is -2.61. The Balaban J connectivity index is 2.14. The van der Waals surface area contributed by atoms with Crippen molar-refractivity contribution in [1.82, 2.24) is 4.90 Å². The Bertz CT molecular complexity index is 1100. The highest BCUT2D eigenvalue weighted by Gasteiger charge is 2.60. The number of hydrogen-bond donors (Lipinski definition) is 3. The molecule has 3 N–H and O–H groups in total. The maximum Gasteiger partial charge on any atom is 0.348 e. The number of azide groups is 1. The van der Waals surface area contributed by atoms with Gasteiger partial charge in [-0.05, 0) is 30.9 Å². The average molecular weight is 470 g/mol. The molecule has 1 aliphatic heterocycles. The monoisotopic (exact) mass is 470 g/mol. The van der Waals surface area contributed by atoms with Crippen molar-refractivity contribution in [1.29, 1.82) is 0 Å². The van der Waals surface area contributed by atoms with Crippen LogP contribution < -0.4 is 5.32 Å². The third-order valence-corrected chi connectivity index (χ3v) is 6.18. The third-order valence-electron chi connectivity index (χ3n) is 4.77. The molecule has 0 aromatic heterocycles. The first-order valence-electron chi connectivity index (χ1n) is 9.09. The number of nitro benzene ring substituents is 1. The predicted molar refractivity (Wildman–Crippen MR) is 107 cm³/mol. The summed E-state index contributed by atoms with van der Waals surface area (Å²) in [5, 5.41) is 26.7. The van der Waals surface area contributed by atoms with Gasteiger partial charge in [-0.1, -0.05) is 11.2 Å². The fourth-order valence-electron chi connectivity index (χ4n) is 3.30. The molecule has 172 valence electrons.